The van der Waals surface area contributed by atoms with Crippen molar-refractivity contribution in [3.05, 3.63) is 58.3 Å². The van der Waals surface area contributed by atoms with Gasteiger partial charge in [-0.25, -0.2) is 0 Å². The second-order valence-electron chi connectivity index (χ2n) is 7.57. The highest BCUT2D eigenvalue weighted by Crippen LogP contribution is 2.31. The van der Waals surface area contributed by atoms with E-state index in [0.29, 0.717) is 44.5 Å². The summed E-state index contributed by atoms with van der Waals surface area (Å²) in [4.78, 5) is 17.9. The molecule has 1 N–H and O–H groups in total. The molecule has 3 heterocycles. The molecule has 2 saturated heterocycles. The topological polar surface area (TPSA) is 54.0 Å². The molecule has 0 radical (unpaired) electrons. The van der Waals surface area contributed by atoms with Gasteiger partial charge in [0, 0.05) is 37.4 Å². The smallest absolute Gasteiger partial charge is 0.241 e. The Bertz CT molecular complexity index is 829. The van der Waals surface area contributed by atoms with Crippen molar-refractivity contribution in [2.24, 2.45) is 0 Å². The molecule has 160 valence electrons. The average Bonchev–Trinajstić information content (AvgIpc) is 3.45. The monoisotopic (exact) mass is 445 g/mol. The summed E-state index contributed by atoms with van der Waals surface area (Å²) in [5.74, 6) is -0.409. The zero-order valence-corrected chi connectivity index (χ0v) is 18.6. The summed E-state index contributed by atoms with van der Waals surface area (Å²) in [5.41, 5.74) is 1.18. The number of hydrogen-bond donors (Lipinski definition) is 1. The lowest BCUT2D eigenvalue weighted by atomic mass is 10.0. The van der Waals surface area contributed by atoms with Crippen molar-refractivity contribution >= 4 is 34.6 Å². The van der Waals surface area contributed by atoms with Gasteiger partial charge in [-0.2, -0.15) is 0 Å². The molecule has 0 atom stereocenters. The first kappa shape index (κ1) is 21.2. The first-order valence-corrected chi connectivity index (χ1v) is 11.6. The van der Waals surface area contributed by atoms with E-state index in [9.17, 15) is 4.79 Å². The fourth-order valence-electron chi connectivity index (χ4n) is 3.85. The summed E-state index contributed by atoms with van der Waals surface area (Å²) >= 11 is 7.37. The Kier molecular flexibility index (Phi) is 6.99. The van der Waals surface area contributed by atoms with E-state index in [1.165, 1.54) is 10.4 Å². The van der Waals surface area contributed by atoms with Crippen LogP contribution in [0.4, 0.5) is 0 Å². The third-order valence-corrected chi connectivity index (χ3v) is 6.78. The second-order valence-corrected chi connectivity index (χ2v) is 8.99. The number of nitrogens with zero attached hydrogens (tertiary/aromatic N) is 2. The van der Waals surface area contributed by atoms with Crippen LogP contribution >= 0.6 is 23.6 Å². The molecule has 0 unspecified atom stereocenters. The molecule has 0 saturated carbocycles. The van der Waals surface area contributed by atoms with Crippen LogP contribution in [0.1, 0.15) is 23.3 Å². The van der Waals surface area contributed by atoms with Crippen LogP contribution in [0, 0.1) is 0 Å². The van der Waals surface area contributed by atoms with E-state index in [2.05, 4.69) is 33.8 Å². The fraction of sp³-hybridized carbons (Fsp3) is 0.455. The molecule has 0 aliphatic carbocycles. The Balaban J connectivity index is 1.31. The van der Waals surface area contributed by atoms with Gasteiger partial charge in [0.15, 0.2) is 10.9 Å². The van der Waals surface area contributed by atoms with Gasteiger partial charge in [-0.1, -0.05) is 36.4 Å². The minimum absolute atomic E-state index is 0.0565. The lowest BCUT2D eigenvalue weighted by Crippen LogP contribution is -2.50. The second kappa shape index (κ2) is 9.87. The maximum atomic E-state index is 12.7. The highest BCUT2D eigenvalue weighted by Gasteiger charge is 2.40. The van der Waals surface area contributed by atoms with Gasteiger partial charge in [0.05, 0.1) is 26.3 Å². The molecule has 2 aromatic rings. The number of carbonyl (C=O) groups is 1. The first-order valence-electron chi connectivity index (χ1n) is 10.3. The van der Waals surface area contributed by atoms with Crippen molar-refractivity contribution in [3.8, 4) is 0 Å². The van der Waals surface area contributed by atoms with E-state index in [4.69, 9.17) is 21.7 Å². The number of amides is 1. The summed E-state index contributed by atoms with van der Waals surface area (Å²) in [5, 5.41) is 5.84. The standard InChI is InChI=1S/C22H27N3O3S2/c26-20(24-10-8-22(9-11-24)27-12-13-28-22)15-23-21(29)25(17-19-7-4-14-30-19)16-18-5-2-1-3-6-18/h1-7,14H,8-13,15-17H2,(H,23,29). The van der Waals surface area contributed by atoms with Crippen molar-refractivity contribution in [2.45, 2.75) is 31.7 Å². The summed E-state index contributed by atoms with van der Waals surface area (Å²) in [6, 6.07) is 14.4. The van der Waals surface area contributed by atoms with Gasteiger partial charge in [0.1, 0.15) is 0 Å². The Morgan fingerprint density at radius 3 is 2.50 bits per heavy atom. The maximum Gasteiger partial charge on any atom is 0.241 e. The molecular formula is C22H27N3O3S2. The molecule has 6 nitrogen and oxygen atoms in total. The van der Waals surface area contributed by atoms with Crippen LogP contribution in [0.2, 0.25) is 0 Å². The van der Waals surface area contributed by atoms with Crippen LogP contribution in [0.5, 0.6) is 0 Å². The predicted molar refractivity (Wildman–Crippen MR) is 121 cm³/mol. The number of rotatable bonds is 6. The van der Waals surface area contributed by atoms with Crippen LogP contribution < -0.4 is 5.32 Å². The lowest BCUT2D eigenvalue weighted by molar-refractivity contribution is -0.187. The van der Waals surface area contributed by atoms with Crippen molar-refractivity contribution in [3.63, 3.8) is 0 Å². The third kappa shape index (κ3) is 5.37. The number of piperidine rings is 1. The largest absolute Gasteiger partial charge is 0.353 e. The Morgan fingerprint density at radius 2 is 1.83 bits per heavy atom. The summed E-state index contributed by atoms with van der Waals surface area (Å²) < 4.78 is 11.5. The third-order valence-electron chi connectivity index (χ3n) is 5.51. The number of likely N-dealkylation sites (tertiary alicyclic amines) is 1. The van der Waals surface area contributed by atoms with E-state index < -0.39 is 5.79 Å². The molecule has 1 spiro atoms. The minimum atomic E-state index is -0.466. The van der Waals surface area contributed by atoms with Crippen molar-refractivity contribution < 1.29 is 14.3 Å². The van der Waals surface area contributed by atoms with E-state index in [1.54, 1.807) is 11.3 Å². The minimum Gasteiger partial charge on any atom is -0.353 e. The van der Waals surface area contributed by atoms with Gasteiger partial charge in [-0.3, -0.25) is 4.79 Å². The molecule has 1 aromatic carbocycles. The van der Waals surface area contributed by atoms with Gasteiger partial charge in [0.2, 0.25) is 5.91 Å². The molecule has 0 bridgehead atoms. The summed E-state index contributed by atoms with van der Waals surface area (Å²) in [6.45, 7) is 4.19. The van der Waals surface area contributed by atoms with Crippen molar-refractivity contribution in [2.75, 3.05) is 32.8 Å². The van der Waals surface area contributed by atoms with Crippen molar-refractivity contribution in [1.29, 1.82) is 0 Å². The maximum absolute atomic E-state index is 12.7. The number of carbonyl (C=O) groups excluding carboxylic acids is 1. The normalized spacial score (nSPS) is 17.8. The van der Waals surface area contributed by atoms with Crippen LogP contribution in [0.25, 0.3) is 0 Å². The number of nitrogens with one attached hydrogen (secondary N) is 1. The number of thiocarbonyl (C=S) groups is 1. The van der Waals surface area contributed by atoms with E-state index in [0.717, 1.165) is 12.8 Å². The van der Waals surface area contributed by atoms with Gasteiger partial charge >= 0.3 is 0 Å². The molecule has 8 heteroatoms. The fourth-order valence-corrected chi connectivity index (χ4v) is 4.77. The zero-order valence-electron chi connectivity index (χ0n) is 16.9. The summed E-state index contributed by atoms with van der Waals surface area (Å²) in [7, 11) is 0. The van der Waals surface area contributed by atoms with E-state index in [-0.39, 0.29) is 12.5 Å². The number of thiophene rings is 1. The molecule has 2 aliphatic heterocycles. The van der Waals surface area contributed by atoms with E-state index >= 15 is 0 Å². The average molecular weight is 446 g/mol. The lowest BCUT2D eigenvalue weighted by Gasteiger charge is -2.37. The van der Waals surface area contributed by atoms with Crippen LogP contribution in [-0.4, -0.2) is 59.5 Å². The highest BCUT2D eigenvalue weighted by atomic mass is 32.1. The number of hydrogen-bond acceptors (Lipinski definition) is 5. The van der Waals surface area contributed by atoms with Crippen molar-refractivity contribution in [1.82, 2.24) is 15.1 Å². The quantitative estimate of drug-likeness (QED) is 0.690. The molecule has 2 aliphatic rings. The Morgan fingerprint density at radius 1 is 1.10 bits per heavy atom. The van der Waals surface area contributed by atoms with E-state index in [1.807, 2.05) is 29.2 Å². The Hall–Kier alpha value is -2.00. The molecular weight excluding hydrogens is 418 g/mol. The molecule has 1 aromatic heterocycles. The predicted octanol–water partition coefficient (Wildman–Crippen LogP) is 2.99. The Labute approximate surface area is 186 Å². The number of ether oxygens (including phenoxy) is 2. The first-order chi connectivity index (χ1) is 14.6. The molecule has 30 heavy (non-hydrogen) atoms. The highest BCUT2D eigenvalue weighted by molar-refractivity contribution is 7.80. The van der Waals surface area contributed by atoms with Gasteiger partial charge < -0.3 is 24.6 Å². The zero-order chi connectivity index (χ0) is 20.8. The molecule has 1 amide bonds. The van der Waals surface area contributed by atoms with Crippen LogP contribution in [0.15, 0.2) is 47.8 Å². The van der Waals surface area contributed by atoms with Gasteiger partial charge in [0.25, 0.3) is 0 Å². The molecule has 2 fully saturated rings. The van der Waals surface area contributed by atoms with Gasteiger partial charge in [-0.15, -0.1) is 11.3 Å². The number of benzene rings is 1. The SMILES string of the molecule is O=C(CNC(=S)N(Cc1ccccc1)Cc1cccs1)N1CCC2(CC1)OCCO2. The summed E-state index contributed by atoms with van der Waals surface area (Å²) in [6.07, 6.45) is 1.45. The van der Waals surface area contributed by atoms with Gasteiger partial charge in [-0.05, 0) is 29.2 Å². The van der Waals surface area contributed by atoms with Crippen LogP contribution in [0.3, 0.4) is 0 Å². The molecule has 4 rings (SSSR count). The van der Waals surface area contributed by atoms with Crippen LogP contribution in [-0.2, 0) is 27.4 Å².